The van der Waals surface area contributed by atoms with E-state index in [1.807, 2.05) is 0 Å². The predicted octanol–water partition coefficient (Wildman–Crippen LogP) is 3.56. The third-order valence-corrected chi connectivity index (χ3v) is 4.53. The fraction of sp³-hybridized carbons (Fsp3) is 0.529. The highest BCUT2D eigenvalue weighted by Crippen LogP contribution is 2.27. The van der Waals surface area contributed by atoms with Crippen LogP contribution in [-0.2, 0) is 0 Å². The maximum atomic E-state index is 13.2. The van der Waals surface area contributed by atoms with E-state index >= 15 is 0 Å². The Bertz CT molecular complexity index is 659. The smallest absolute Gasteiger partial charge is 0.271 e. The number of amides is 1. The Kier molecular flexibility index (Phi) is 4.41. The Labute approximate surface area is 129 Å². The summed E-state index contributed by atoms with van der Waals surface area (Å²) in [5.41, 5.74) is 0.930. The number of rotatable bonds is 4. The molecule has 1 saturated carbocycles. The van der Waals surface area contributed by atoms with E-state index in [-0.39, 0.29) is 17.8 Å². The van der Waals surface area contributed by atoms with Crippen molar-refractivity contribution < 1.29 is 9.18 Å². The average Bonchev–Trinajstić information content (AvgIpc) is 2.92. The molecule has 2 aromatic rings. The first kappa shape index (κ1) is 15.0. The molecule has 0 radical (unpaired) electrons. The van der Waals surface area contributed by atoms with Crippen LogP contribution in [-0.4, -0.2) is 21.3 Å². The van der Waals surface area contributed by atoms with Crippen molar-refractivity contribution in [3.8, 4) is 0 Å². The monoisotopic (exact) mass is 303 g/mol. The number of fused-ring (bicyclic) bond motifs is 1. The SMILES string of the molecule is CCCC1CCC(NC(=O)c2cn3cc(F)ccc3n2)CC1. The number of hydrogen-bond donors (Lipinski definition) is 1. The average molecular weight is 303 g/mol. The van der Waals surface area contributed by atoms with Crippen LogP contribution < -0.4 is 5.32 Å². The Morgan fingerprint density at radius 1 is 1.32 bits per heavy atom. The molecular formula is C17H22FN3O. The minimum atomic E-state index is -0.342. The van der Waals surface area contributed by atoms with Gasteiger partial charge in [0.15, 0.2) is 0 Å². The number of hydrogen-bond acceptors (Lipinski definition) is 2. The van der Waals surface area contributed by atoms with Gasteiger partial charge < -0.3 is 9.72 Å². The lowest BCUT2D eigenvalue weighted by molar-refractivity contribution is 0.0916. The van der Waals surface area contributed by atoms with Gasteiger partial charge in [-0.25, -0.2) is 9.37 Å². The van der Waals surface area contributed by atoms with Crippen LogP contribution in [0.3, 0.4) is 0 Å². The van der Waals surface area contributed by atoms with Gasteiger partial charge in [-0.05, 0) is 43.7 Å². The van der Waals surface area contributed by atoms with E-state index in [0.717, 1.165) is 18.8 Å². The second-order valence-electron chi connectivity index (χ2n) is 6.22. The number of pyridine rings is 1. The van der Waals surface area contributed by atoms with Crippen molar-refractivity contribution in [2.75, 3.05) is 0 Å². The molecule has 5 heteroatoms. The minimum Gasteiger partial charge on any atom is -0.348 e. The van der Waals surface area contributed by atoms with Gasteiger partial charge in [0.2, 0.25) is 0 Å². The van der Waals surface area contributed by atoms with E-state index in [0.29, 0.717) is 11.3 Å². The number of carbonyl (C=O) groups is 1. The van der Waals surface area contributed by atoms with Crippen molar-refractivity contribution >= 4 is 11.6 Å². The van der Waals surface area contributed by atoms with Crippen LogP contribution in [0.1, 0.15) is 55.9 Å². The zero-order chi connectivity index (χ0) is 15.5. The van der Waals surface area contributed by atoms with Gasteiger partial charge in [0, 0.05) is 18.4 Å². The van der Waals surface area contributed by atoms with Gasteiger partial charge in [0.05, 0.1) is 0 Å². The summed E-state index contributed by atoms with van der Waals surface area (Å²) in [5, 5.41) is 3.06. The number of aromatic nitrogens is 2. The summed E-state index contributed by atoms with van der Waals surface area (Å²) in [6.45, 7) is 2.22. The standard InChI is InChI=1S/C17H22FN3O/c1-2-3-12-4-7-14(8-5-12)19-17(22)15-11-21-10-13(18)6-9-16(21)20-15/h6,9-12,14H,2-5,7-8H2,1H3,(H,19,22). The van der Waals surface area contributed by atoms with Gasteiger partial charge in [-0.2, -0.15) is 0 Å². The molecule has 0 unspecified atom stereocenters. The summed E-state index contributed by atoms with van der Waals surface area (Å²) in [7, 11) is 0. The lowest BCUT2D eigenvalue weighted by Crippen LogP contribution is -2.37. The lowest BCUT2D eigenvalue weighted by Gasteiger charge is -2.28. The van der Waals surface area contributed by atoms with Crippen LogP contribution in [0.25, 0.3) is 5.65 Å². The highest BCUT2D eigenvalue weighted by Gasteiger charge is 2.23. The van der Waals surface area contributed by atoms with E-state index in [4.69, 9.17) is 0 Å². The Morgan fingerprint density at radius 3 is 2.82 bits per heavy atom. The summed E-state index contributed by atoms with van der Waals surface area (Å²) in [6, 6.07) is 3.16. The van der Waals surface area contributed by atoms with Crippen LogP contribution in [0, 0.1) is 11.7 Å². The molecule has 1 aliphatic carbocycles. The van der Waals surface area contributed by atoms with Crippen molar-refractivity contribution in [2.24, 2.45) is 5.92 Å². The Hall–Kier alpha value is -1.91. The summed E-state index contributed by atoms with van der Waals surface area (Å²) >= 11 is 0. The third-order valence-electron chi connectivity index (χ3n) is 4.53. The molecule has 2 heterocycles. The first-order valence-corrected chi connectivity index (χ1v) is 8.11. The van der Waals surface area contributed by atoms with Gasteiger partial charge >= 0.3 is 0 Å². The Morgan fingerprint density at radius 2 is 2.09 bits per heavy atom. The Balaban J connectivity index is 1.61. The minimum absolute atomic E-state index is 0.164. The van der Waals surface area contributed by atoms with Gasteiger partial charge in [-0.3, -0.25) is 4.79 Å². The zero-order valence-corrected chi connectivity index (χ0v) is 12.9. The molecule has 1 aliphatic rings. The topological polar surface area (TPSA) is 46.4 Å². The maximum Gasteiger partial charge on any atom is 0.271 e. The summed E-state index contributed by atoms with van der Waals surface area (Å²) in [4.78, 5) is 16.5. The summed E-state index contributed by atoms with van der Waals surface area (Å²) < 4.78 is 14.7. The molecule has 1 amide bonds. The first-order valence-electron chi connectivity index (χ1n) is 8.11. The van der Waals surface area contributed by atoms with Crippen LogP contribution >= 0.6 is 0 Å². The fourth-order valence-electron chi connectivity index (χ4n) is 3.34. The van der Waals surface area contributed by atoms with E-state index < -0.39 is 0 Å². The molecule has 0 spiro atoms. The largest absolute Gasteiger partial charge is 0.348 e. The molecule has 1 fully saturated rings. The molecule has 118 valence electrons. The van der Waals surface area contributed by atoms with Gasteiger partial charge in [-0.1, -0.05) is 19.8 Å². The van der Waals surface area contributed by atoms with Gasteiger partial charge in [0.1, 0.15) is 17.2 Å². The molecule has 4 nitrogen and oxygen atoms in total. The number of halogens is 1. The van der Waals surface area contributed by atoms with Crippen molar-refractivity contribution in [1.29, 1.82) is 0 Å². The maximum absolute atomic E-state index is 13.2. The fourth-order valence-corrected chi connectivity index (χ4v) is 3.34. The van der Waals surface area contributed by atoms with Crippen LogP contribution in [0.4, 0.5) is 4.39 Å². The number of imidazole rings is 1. The molecule has 0 atom stereocenters. The molecule has 22 heavy (non-hydrogen) atoms. The molecule has 1 N–H and O–H groups in total. The highest BCUT2D eigenvalue weighted by atomic mass is 19.1. The quantitative estimate of drug-likeness (QED) is 0.938. The highest BCUT2D eigenvalue weighted by molar-refractivity contribution is 5.93. The van der Waals surface area contributed by atoms with E-state index in [1.165, 1.54) is 37.9 Å². The van der Waals surface area contributed by atoms with Gasteiger partial charge in [-0.15, -0.1) is 0 Å². The van der Waals surface area contributed by atoms with Crippen molar-refractivity contribution in [2.45, 2.75) is 51.5 Å². The normalized spacial score (nSPS) is 21.9. The van der Waals surface area contributed by atoms with Gasteiger partial charge in [0.25, 0.3) is 5.91 Å². The van der Waals surface area contributed by atoms with Crippen molar-refractivity contribution in [1.82, 2.24) is 14.7 Å². The molecule has 0 saturated heterocycles. The molecular weight excluding hydrogens is 281 g/mol. The second kappa shape index (κ2) is 6.46. The molecule has 0 aromatic carbocycles. The van der Waals surface area contributed by atoms with E-state index in [2.05, 4.69) is 17.2 Å². The summed E-state index contributed by atoms with van der Waals surface area (Å²) in [5.74, 6) is 0.311. The molecule has 2 aromatic heterocycles. The molecule has 0 bridgehead atoms. The third kappa shape index (κ3) is 3.29. The molecule has 0 aliphatic heterocycles. The first-order chi connectivity index (χ1) is 10.7. The van der Waals surface area contributed by atoms with E-state index in [9.17, 15) is 9.18 Å². The second-order valence-corrected chi connectivity index (χ2v) is 6.22. The van der Waals surface area contributed by atoms with E-state index in [1.54, 1.807) is 16.7 Å². The van der Waals surface area contributed by atoms with Crippen LogP contribution in [0.2, 0.25) is 0 Å². The number of nitrogens with zero attached hydrogens (tertiary/aromatic N) is 2. The van der Waals surface area contributed by atoms with Crippen molar-refractivity contribution in [3.63, 3.8) is 0 Å². The number of nitrogens with one attached hydrogen (secondary N) is 1. The van der Waals surface area contributed by atoms with Crippen LogP contribution in [0.15, 0.2) is 24.5 Å². The van der Waals surface area contributed by atoms with Crippen LogP contribution in [0.5, 0.6) is 0 Å². The van der Waals surface area contributed by atoms with Crippen molar-refractivity contribution in [3.05, 3.63) is 36.0 Å². The lowest BCUT2D eigenvalue weighted by atomic mass is 9.83. The zero-order valence-electron chi connectivity index (χ0n) is 12.9. The predicted molar refractivity (Wildman–Crippen MR) is 83.3 cm³/mol. The summed E-state index contributed by atoms with van der Waals surface area (Å²) in [6.07, 6.45) is 9.89. The molecule has 3 rings (SSSR count). The number of carbonyl (C=O) groups excluding carboxylic acids is 1.